The van der Waals surface area contributed by atoms with Crippen molar-refractivity contribution in [3.63, 3.8) is 0 Å². The summed E-state index contributed by atoms with van der Waals surface area (Å²) in [5, 5.41) is 7.68. The molecule has 0 saturated heterocycles. The van der Waals surface area contributed by atoms with Crippen molar-refractivity contribution < 1.29 is 19.1 Å². The van der Waals surface area contributed by atoms with Crippen LogP contribution in [0.5, 0.6) is 11.5 Å². The van der Waals surface area contributed by atoms with Gasteiger partial charge in [-0.15, -0.1) is 0 Å². The average molecular weight is 323 g/mol. The second kappa shape index (κ2) is 5.09. The van der Waals surface area contributed by atoms with Crippen LogP contribution in [0.25, 0.3) is 10.9 Å². The van der Waals surface area contributed by atoms with E-state index in [4.69, 9.17) is 9.47 Å². The van der Waals surface area contributed by atoms with Crippen LogP contribution in [0.1, 0.15) is 20.7 Å². The fourth-order valence-corrected chi connectivity index (χ4v) is 2.94. The summed E-state index contributed by atoms with van der Waals surface area (Å²) in [6.45, 7) is 0. The molecule has 0 atom stereocenters. The Hall–Kier alpha value is -3.35. The molecule has 0 unspecified atom stereocenters. The van der Waals surface area contributed by atoms with Crippen molar-refractivity contribution in [2.75, 3.05) is 19.1 Å². The summed E-state index contributed by atoms with van der Waals surface area (Å²) in [7, 11) is 2.92. The average Bonchev–Trinajstić information content (AvgIpc) is 3.16. The highest BCUT2D eigenvalue weighted by Crippen LogP contribution is 2.40. The third kappa shape index (κ3) is 1.81. The van der Waals surface area contributed by atoms with Gasteiger partial charge in [0.2, 0.25) is 0 Å². The summed E-state index contributed by atoms with van der Waals surface area (Å²) in [4.78, 5) is 26.7. The normalized spacial score (nSPS) is 13.5. The number of hydrogen-bond acceptors (Lipinski definition) is 5. The van der Waals surface area contributed by atoms with E-state index in [-0.39, 0.29) is 11.3 Å². The molecule has 24 heavy (non-hydrogen) atoms. The second-order valence-corrected chi connectivity index (χ2v) is 5.31. The molecule has 2 amide bonds. The summed E-state index contributed by atoms with van der Waals surface area (Å²) >= 11 is 0. The zero-order valence-corrected chi connectivity index (χ0v) is 13.0. The Morgan fingerprint density at radius 3 is 2.62 bits per heavy atom. The molecule has 0 aliphatic carbocycles. The van der Waals surface area contributed by atoms with Gasteiger partial charge in [0.05, 0.1) is 42.7 Å². The number of aromatic nitrogens is 2. The predicted octanol–water partition coefficient (Wildman–Crippen LogP) is 2.38. The van der Waals surface area contributed by atoms with E-state index in [0.717, 1.165) is 15.8 Å². The van der Waals surface area contributed by atoms with Crippen molar-refractivity contribution in [1.82, 2.24) is 10.2 Å². The first kappa shape index (κ1) is 14.3. The Bertz CT molecular complexity index is 993. The number of carbonyl (C=O) groups is 2. The lowest BCUT2D eigenvalue weighted by molar-refractivity contribution is 0.0925. The van der Waals surface area contributed by atoms with E-state index >= 15 is 0 Å². The number of fused-ring (bicyclic) bond motifs is 2. The Morgan fingerprint density at radius 2 is 1.88 bits per heavy atom. The number of methoxy groups -OCH3 is 2. The highest BCUT2D eigenvalue weighted by atomic mass is 16.5. The number of anilines is 1. The second-order valence-electron chi connectivity index (χ2n) is 5.31. The summed E-state index contributed by atoms with van der Waals surface area (Å²) in [5.41, 5.74) is 1.72. The minimum Gasteiger partial charge on any atom is -0.493 e. The van der Waals surface area contributed by atoms with Crippen LogP contribution < -0.4 is 14.4 Å². The minimum absolute atomic E-state index is 0.214. The van der Waals surface area contributed by atoms with Gasteiger partial charge in [0.15, 0.2) is 11.5 Å². The van der Waals surface area contributed by atoms with Crippen LogP contribution in [0.15, 0.2) is 36.5 Å². The van der Waals surface area contributed by atoms with Crippen molar-refractivity contribution in [3.8, 4) is 11.5 Å². The molecular weight excluding hydrogens is 310 g/mol. The zero-order chi connectivity index (χ0) is 16.8. The number of nitrogens with zero attached hydrogens (tertiary/aromatic N) is 2. The van der Waals surface area contributed by atoms with Crippen LogP contribution in [0.3, 0.4) is 0 Å². The van der Waals surface area contributed by atoms with Crippen molar-refractivity contribution >= 4 is 28.4 Å². The maximum atomic E-state index is 12.9. The van der Waals surface area contributed by atoms with Gasteiger partial charge in [0, 0.05) is 5.39 Å². The lowest BCUT2D eigenvalue weighted by atomic mass is 10.1. The van der Waals surface area contributed by atoms with Gasteiger partial charge >= 0.3 is 0 Å². The molecule has 120 valence electrons. The van der Waals surface area contributed by atoms with Gasteiger partial charge in [-0.2, -0.15) is 5.10 Å². The molecule has 0 bridgehead atoms. The SMILES string of the molecule is COc1ccc2c(c1OC)C(=O)N(c1ccc3cn[nH]c3c1)C2=O. The van der Waals surface area contributed by atoms with Gasteiger partial charge in [-0.25, -0.2) is 4.90 Å². The van der Waals surface area contributed by atoms with E-state index in [1.807, 2.05) is 0 Å². The summed E-state index contributed by atoms with van der Waals surface area (Å²) in [5.74, 6) is -0.166. The third-order valence-electron chi connectivity index (χ3n) is 4.08. The Kier molecular flexibility index (Phi) is 3.02. The van der Waals surface area contributed by atoms with Crippen LogP contribution >= 0.6 is 0 Å². The third-order valence-corrected chi connectivity index (χ3v) is 4.08. The fraction of sp³-hybridized carbons (Fsp3) is 0.118. The number of H-pyrrole nitrogens is 1. The molecule has 0 spiro atoms. The maximum absolute atomic E-state index is 12.9. The van der Waals surface area contributed by atoms with Crippen molar-refractivity contribution in [2.24, 2.45) is 0 Å². The van der Waals surface area contributed by atoms with Crippen LogP contribution in [0, 0.1) is 0 Å². The quantitative estimate of drug-likeness (QED) is 0.748. The molecule has 0 radical (unpaired) electrons. The molecule has 4 rings (SSSR count). The molecule has 1 aromatic heterocycles. The molecule has 1 N–H and O–H groups in total. The lowest BCUT2D eigenvalue weighted by Gasteiger charge is -2.14. The molecule has 0 saturated carbocycles. The number of aromatic amines is 1. The smallest absolute Gasteiger partial charge is 0.270 e. The Labute approximate surface area is 136 Å². The number of ether oxygens (including phenoxy) is 2. The van der Waals surface area contributed by atoms with Gasteiger partial charge in [-0.05, 0) is 30.3 Å². The Morgan fingerprint density at radius 1 is 1.04 bits per heavy atom. The fourth-order valence-electron chi connectivity index (χ4n) is 2.94. The predicted molar refractivity (Wildman–Crippen MR) is 86.8 cm³/mol. The van der Waals surface area contributed by atoms with E-state index in [2.05, 4.69) is 10.2 Å². The van der Waals surface area contributed by atoms with Gasteiger partial charge in [0.1, 0.15) is 0 Å². The van der Waals surface area contributed by atoms with Gasteiger partial charge in [0.25, 0.3) is 11.8 Å². The number of hydrogen-bond donors (Lipinski definition) is 1. The highest BCUT2D eigenvalue weighted by Gasteiger charge is 2.40. The van der Waals surface area contributed by atoms with Crippen molar-refractivity contribution in [3.05, 3.63) is 47.7 Å². The number of rotatable bonds is 3. The zero-order valence-electron chi connectivity index (χ0n) is 13.0. The van der Waals surface area contributed by atoms with E-state index in [1.54, 1.807) is 36.5 Å². The topological polar surface area (TPSA) is 84.5 Å². The number of imide groups is 1. The first-order valence-corrected chi connectivity index (χ1v) is 7.22. The molecule has 1 aliphatic heterocycles. The number of carbonyl (C=O) groups excluding carboxylic acids is 2. The number of nitrogens with one attached hydrogen (secondary N) is 1. The van der Waals surface area contributed by atoms with Crippen LogP contribution in [-0.4, -0.2) is 36.2 Å². The highest BCUT2D eigenvalue weighted by molar-refractivity contribution is 6.35. The van der Waals surface area contributed by atoms with E-state index < -0.39 is 11.8 Å². The van der Waals surface area contributed by atoms with Crippen molar-refractivity contribution in [1.29, 1.82) is 0 Å². The first-order chi connectivity index (χ1) is 11.7. The summed E-state index contributed by atoms with van der Waals surface area (Å²) in [6.07, 6.45) is 1.68. The monoisotopic (exact) mass is 323 g/mol. The first-order valence-electron chi connectivity index (χ1n) is 7.22. The molecule has 7 heteroatoms. The number of amides is 2. The lowest BCUT2D eigenvalue weighted by Crippen LogP contribution is -2.29. The van der Waals surface area contributed by atoms with Crippen LogP contribution in [0.4, 0.5) is 5.69 Å². The molecule has 3 aromatic rings. The maximum Gasteiger partial charge on any atom is 0.270 e. The summed E-state index contributed by atoms with van der Waals surface area (Å²) < 4.78 is 10.5. The van der Waals surface area contributed by atoms with E-state index in [0.29, 0.717) is 17.0 Å². The Balaban J connectivity index is 1.87. The van der Waals surface area contributed by atoms with Crippen LogP contribution in [-0.2, 0) is 0 Å². The van der Waals surface area contributed by atoms with Gasteiger partial charge < -0.3 is 9.47 Å². The largest absolute Gasteiger partial charge is 0.493 e. The van der Waals surface area contributed by atoms with Gasteiger partial charge in [-0.3, -0.25) is 14.7 Å². The summed E-state index contributed by atoms with van der Waals surface area (Å²) in [6, 6.07) is 8.42. The standard InChI is InChI=1S/C17H13N3O4/c1-23-13-6-5-11-14(15(13)24-2)17(22)20(16(11)21)10-4-3-9-8-18-19-12(9)7-10/h3-8H,1-2H3,(H,18,19). The van der Waals surface area contributed by atoms with E-state index in [1.165, 1.54) is 14.2 Å². The van der Waals surface area contributed by atoms with Crippen LogP contribution in [0.2, 0.25) is 0 Å². The minimum atomic E-state index is -0.440. The molecule has 1 aliphatic rings. The number of benzene rings is 2. The molecule has 7 nitrogen and oxygen atoms in total. The van der Waals surface area contributed by atoms with Gasteiger partial charge in [-0.1, -0.05) is 0 Å². The molecule has 2 heterocycles. The molecule has 2 aromatic carbocycles. The van der Waals surface area contributed by atoms with E-state index in [9.17, 15) is 9.59 Å². The molecule has 0 fully saturated rings. The van der Waals surface area contributed by atoms with Crippen molar-refractivity contribution in [2.45, 2.75) is 0 Å². The molecular formula is C17H13N3O4.